The summed E-state index contributed by atoms with van der Waals surface area (Å²) >= 11 is 0. The largest absolute Gasteiger partial charge is 0.461 e. The number of benzene rings is 1. The Kier molecular flexibility index (Phi) is 8.63. The third-order valence-electron chi connectivity index (χ3n) is 7.10. The first-order valence-corrected chi connectivity index (χ1v) is 15.0. The van der Waals surface area contributed by atoms with Crippen LogP contribution in [0.5, 0.6) is 0 Å². The molecule has 1 aromatic carbocycles. The lowest BCUT2D eigenvalue weighted by atomic mass is 10.1. The van der Waals surface area contributed by atoms with Crippen LogP contribution in [0.25, 0.3) is 17.4 Å². The minimum absolute atomic E-state index is 0.145. The van der Waals surface area contributed by atoms with Gasteiger partial charge in [-0.15, -0.1) is 5.10 Å². The number of nitrogens with two attached hydrogens (primary N) is 1. The molecule has 1 saturated heterocycles. The van der Waals surface area contributed by atoms with Crippen LogP contribution in [0.15, 0.2) is 34.9 Å². The predicted molar refractivity (Wildman–Crippen MR) is 155 cm³/mol. The van der Waals surface area contributed by atoms with Gasteiger partial charge in [0.05, 0.1) is 17.5 Å². The highest BCUT2D eigenvalue weighted by Crippen LogP contribution is 2.26. The zero-order valence-electron chi connectivity index (χ0n) is 23.5. The molecule has 1 aliphatic rings. The highest BCUT2D eigenvalue weighted by atomic mass is 32.2. The Morgan fingerprint density at radius 1 is 1.10 bits per heavy atom. The number of likely N-dealkylation sites (N-methyl/N-ethyl adjacent to an activating group) is 1. The van der Waals surface area contributed by atoms with Crippen LogP contribution in [0, 0.1) is 11.6 Å². The van der Waals surface area contributed by atoms with E-state index >= 15 is 0 Å². The number of furan rings is 1. The first-order valence-electron chi connectivity index (χ1n) is 13.3. The second-order valence-electron chi connectivity index (χ2n) is 10.0. The molecule has 0 aliphatic carbocycles. The van der Waals surface area contributed by atoms with Gasteiger partial charge in [-0.25, -0.2) is 8.78 Å². The van der Waals surface area contributed by atoms with Crippen molar-refractivity contribution < 1.29 is 22.2 Å². The van der Waals surface area contributed by atoms with Gasteiger partial charge in [-0.05, 0) is 18.2 Å². The number of fused-ring (bicyclic) bond motifs is 1. The molecule has 0 radical (unpaired) electrons. The van der Waals surface area contributed by atoms with E-state index in [0.29, 0.717) is 62.6 Å². The maximum absolute atomic E-state index is 14.8. The van der Waals surface area contributed by atoms with E-state index in [1.54, 1.807) is 12.1 Å². The summed E-state index contributed by atoms with van der Waals surface area (Å²) in [6.07, 6.45) is 3.07. The van der Waals surface area contributed by atoms with Crippen LogP contribution in [0.4, 0.5) is 26.4 Å². The number of amides is 1. The van der Waals surface area contributed by atoms with E-state index < -0.39 is 28.3 Å². The third kappa shape index (κ3) is 6.33. The van der Waals surface area contributed by atoms with Crippen LogP contribution < -0.4 is 15.5 Å². The van der Waals surface area contributed by atoms with E-state index in [-0.39, 0.29) is 29.5 Å². The van der Waals surface area contributed by atoms with Crippen LogP contribution in [0.3, 0.4) is 0 Å². The second-order valence-corrected chi connectivity index (χ2v) is 11.6. The molecule has 2 N–H and O–H groups in total. The van der Waals surface area contributed by atoms with Gasteiger partial charge in [-0.3, -0.25) is 13.9 Å². The average molecular weight is 603 g/mol. The minimum Gasteiger partial charge on any atom is -0.461 e. The molecule has 42 heavy (non-hydrogen) atoms. The number of piperazine rings is 1. The third-order valence-corrected chi connectivity index (χ3v) is 7.85. The first kappa shape index (κ1) is 29.3. The summed E-state index contributed by atoms with van der Waals surface area (Å²) < 4.78 is 47.4. The van der Waals surface area contributed by atoms with Gasteiger partial charge in [0.1, 0.15) is 11.6 Å². The average Bonchev–Trinajstić information content (AvgIpc) is 3.65. The molecule has 1 amide bonds. The monoisotopic (exact) mass is 602 g/mol. The molecule has 4 aromatic rings. The summed E-state index contributed by atoms with van der Waals surface area (Å²) in [7, 11) is 2.27. The molecule has 1 fully saturated rings. The lowest BCUT2D eigenvalue weighted by Crippen LogP contribution is -2.48. The first-order chi connectivity index (χ1) is 20.1. The number of aromatic nitrogens is 5. The van der Waals surface area contributed by atoms with Gasteiger partial charge < -0.3 is 24.9 Å². The highest BCUT2D eigenvalue weighted by Gasteiger charge is 2.25. The van der Waals surface area contributed by atoms with Gasteiger partial charge in [0.25, 0.3) is 11.7 Å². The summed E-state index contributed by atoms with van der Waals surface area (Å²) in [4.78, 5) is 33.2. The standard InChI is InChI=1S/C26H32F2N10O3S/c1-34(12-14-42(3)40)23(39)17-15-20(19(28)16-18(17)27)37-10-8-36(9-11-37)7-6-35(2)25-31-24(29)38-26(32-25)30-22(33-38)21-5-4-13-41-21/h4-5,13,15-16H,6-12,14H2,1-3H3,(H2,29,30,31,32,33)/t42-/m1/s1. The van der Waals surface area contributed by atoms with Crippen molar-refractivity contribution in [3.8, 4) is 11.6 Å². The van der Waals surface area contributed by atoms with Crippen LogP contribution in [0.1, 0.15) is 10.4 Å². The number of rotatable bonds is 10. The topological polar surface area (TPSA) is 142 Å². The Morgan fingerprint density at radius 2 is 1.86 bits per heavy atom. The van der Waals surface area contributed by atoms with Crippen LogP contribution >= 0.6 is 0 Å². The maximum Gasteiger partial charge on any atom is 0.259 e. The molecule has 16 heteroatoms. The lowest BCUT2D eigenvalue weighted by Gasteiger charge is -2.37. The fraction of sp³-hybridized carbons (Fsp3) is 0.423. The van der Waals surface area contributed by atoms with Gasteiger partial charge >= 0.3 is 0 Å². The van der Waals surface area contributed by atoms with Crippen LogP contribution in [0.2, 0.25) is 0 Å². The van der Waals surface area contributed by atoms with Crippen molar-refractivity contribution in [1.82, 2.24) is 34.4 Å². The Bertz CT molecular complexity index is 1590. The molecule has 4 heterocycles. The molecule has 224 valence electrons. The van der Waals surface area contributed by atoms with E-state index in [0.717, 1.165) is 6.07 Å². The Balaban J connectivity index is 1.19. The van der Waals surface area contributed by atoms with Crippen molar-refractivity contribution in [2.24, 2.45) is 0 Å². The maximum atomic E-state index is 14.8. The summed E-state index contributed by atoms with van der Waals surface area (Å²) in [5.41, 5.74) is 6.09. The molecule has 0 spiro atoms. The van der Waals surface area contributed by atoms with Crippen molar-refractivity contribution in [3.63, 3.8) is 0 Å². The van der Waals surface area contributed by atoms with E-state index in [9.17, 15) is 17.8 Å². The number of carbonyl (C=O) groups excluding carboxylic acids is 1. The molecule has 13 nitrogen and oxygen atoms in total. The van der Waals surface area contributed by atoms with E-state index in [1.807, 2.05) is 16.8 Å². The normalized spacial score (nSPS) is 14.8. The number of hydrogen-bond donors (Lipinski definition) is 1. The fourth-order valence-corrected chi connectivity index (χ4v) is 5.13. The lowest BCUT2D eigenvalue weighted by molar-refractivity contribution is 0.0799. The molecular formula is C26H32F2N10O3S. The van der Waals surface area contributed by atoms with Crippen molar-refractivity contribution in [3.05, 3.63) is 47.7 Å². The summed E-state index contributed by atoms with van der Waals surface area (Å²) in [5, 5.41) is 4.31. The Morgan fingerprint density at radius 3 is 2.55 bits per heavy atom. The quantitative estimate of drug-likeness (QED) is 0.281. The van der Waals surface area contributed by atoms with Crippen molar-refractivity contribution in [1.29, 1.82) is 0 Å². The van der Waals surface area contributed by atoms with E-state index in [4.69, 9.17) is 10.2 Å². The number of nitrogen functional groups attached to an aromatic ring is 1. The van der Waals surface area contributed by atoms with Crippen LogP contribution in [-0.2, 0) is 10.8 Å². The highest BCUT2D eigenvalue weighted by molar-refractivity contribution is 7.84. The van der Waals surface area contributed by atoms with Crippen molar-refractivity contribution in [2.45, 2.75) is 0 Å². The zero-order chi connectivity index (χ0) is 30.0. The minimum atomic E-state index is -1.09. The molecule has 0 bridgehead atoms. The Hall–Kier alpha value is -4.18. The summed E-state index contributed by atoms with van der Waals surface area (Å²) in [6.45, 7) is 3.74. The molecule has 1 atom stereocenters. The van der Waals surface area contributed by atoms with Gasteiger partial charge in [0.2, 0.25) is 17.7 Å². The Labute approximate surface area is 243 Å². The summed E-state index contributed by atoms with van der Waals surface area (Å²) in [6, 6.07) is 5.51. The zero-order valence-corrected chi connectivity index (χ0v) is 24.4. The van der Waals surface area contributed by atoms with Gasteiger partial charge in [0, 0.05) is 88.8 Å². The van der Waals surface area contributed by atoms with Gasteiger partial charge in [-0.2, -0.15) is 19.5 Å². The smallest absolute Gasteiger partial charge is 0.259 e. The molecule has 5 rings (SSSR count). The molecule has 1 aliphatic heterocycles. The predicted octanol–water partition coefficient (Wildman–Crippen LogP) is 1.35. The molecule has 3 aromatic heterocycles. The summed E-state index contributed by atoms with van der Waals surface area (Å²) in [5.74, 6) is -0.245. The number of anilines is 3. The SMILES string of the molecule is CN(CC[S@@](C)=O)C(=O)c1cc(N2CCN(CCN(C)c3nc(N)n4nc(-c5ccco5)nc4n3)CC2)c(F)cc1F. The molecular weight excluding hydrogens is 570 g/mol. The number of carbonyl (C=O) groups is 1. The van der Waals surface area contributed by atoms with E-state index in [1.165, 1.54) is 35.0 Å². The van der Waals surface area contributed by atoms with Crippen molar-refractivity contribution in [2.75, 3.05) is 87.5 Å². The van der Waals surface area contributed by atoms with Gasteiger partial charge in [0.15, 0.2) is 5.76 Å². The second kappa shape index (κ2) is 12.4. The van der Waals surface area contributed by atoms with Crippen molar-refractivity contribution >= 4 is 40.1 Å². The number of hydrogen-bond acceptors (Lipinski definition) is 11. The molecule has 0 unspecified atom stereocenters. The number of halogens is 2. The van der Waals surface area contributed by atoms with Crippen LogP contribution in [-0.4, -0.2) is 116 Å². The van der Waals surface area contributed by atoms with E-state index in [2.05, 4.69) is 25.0 Å². The number of nitrogens with zero attached hydrogens (tertiary/aromatic N) is 9. The van der Waals surface area contributed by atoms with Gasteiger partial charge in [-0.1, -0.05) is 0 Å². The fourth-order valence-electron chi connectivity index (χ4n) is 4.60. The molecule has 0 saturated carbocycles.